The van der Waals surface area contributed by atoms with Gasteiger partial charge in [-0.2, -0.15) is 0 Å². The molecule has 1 fully saturated rings. The second-order valence-corrected chi connectivity index (χ2v) is 4.74. The van der Waals surface area contributed by atoms with Gasteiger partial charge in [0.2, 0.25) is 5.76 Å². The van der Waals surface area contributed by atoms with Crippen LogP contribution in [0.25, 0.3) is 0 Å². The summed E-state index contributed by atoms with van der Waals surface area (Å²) in [5.41, 5.74) is 0.487. The lowest BCUT2D eigenvalue weighted by molar-refractivity contribution is 0.0657. The first-order chi connectivity index (χ1) is 7.58. The molecule has 0 spiro atoms. The molecule has 2 rings (SSSR count). The van der Waals surface area contributed by atoms with Crippen LogP contribution in [-0.4, -0.2) is 16.1 Å². The van der Waals surface area contributed by atoms with Gasteiger partial charge in [0.25, 0.3) is 0 Å². The van der Waals surface area contributed by atoms with Crippen molar-refractivity contribution in [2.24, 2.45) is 5.92 Å². The zero-order valence-electron chi connectivity index (χ0n) is 9.69. The third-order valence-electron chi connectivity index (χ3n) is 3.29. The van der Waals surface area contributed by atoms with Crippen LogP contribution in [0.2, 0.25) is 0 Å². The third kappa shape index (κ3) is 2.10. The normalized spacial score (nSPS) is 25.6. The summed E-state index contributed by atoms with van der Waals surface area (Å²) in [4.78, 5) is 15.1. The van der Waals surface area contributed by atoms with Crippen LogP contribution in [0.4, 0.5) is 0 Å². The van der Waals surface area contributed by atoms with E-state index in [2.05, 4.69) is 11.9 Å². The van der Waals surface area contributed by atoms with Gasteiger partial charge in [-0.15, -0.1) is 0 Å². The van der Waals surface area contributed by atoms with Gasteiger partial charge in [-0.1, -0.05) is 19.8 Å². The maximum absolute atomic E-state index is 10.8. The largest absolute Gasteiger partial charge is 0.475 e. The number of aromatic carboxylic acids is 1. The molecule has 1 aliphatic carbocycles. The number of nitrogens with zero attached hydrogens (tertiary/aromatic N) is 1. The Balaban J connectivity index is 2.20. The first kappa shape index (κ1) is 11.2. The van der Waals surface area contributed by atoms with Crippen LogP contribution in [0.1, 0.15) is 60.7 Å². The average molecular weight is 223 g/mol. The molecule has 1 aliphatic rings. The van der Waals surface area contributed by atoms with Crippen molar-refractivity contribution < 1.29 is 14.3 Å². The highest BCUT2D eigenvalue weighted by Gasteiger charge is 2.26. The lowest BCUT2D eigenvalue weighted by Gasteiger charge is -2.24. The van der Waals surface area contributed by atoms with E-state index in [-0.39, 0.29) is 5.76 Å². The topological polar surface area (TPSA) is 63.3 Å². The molecule has 4 nitrogen and oxygen atoms in total. The molecule has 88 valence electrons. The van der Waals surface area contributed by atoms with Crippen LogP contribution in [0.5, 0.6) is 0 Å². The molecule has 1 heterocycles. The van der Waals surface area contributed by atoms with Crippen LogP contribution in [-0.2, 0) is 0 Å². The number of carboxylic acids is 1. The smallest absolute Gasteiger partial charge is 0.373 e. The van der Waals surface area contributed by atoms with Crippen molar-refractivity contribution in [3.8, 4) is 0 Å². The standard InChI is InChI=1S/C12H17NO3/c1-7-4-3-5-9(6-7)11-13-8(2)10(16-11)12(14)15/h7,9H,3-6H2,1-2H3,(H,14,15)/t7-,9-/m0/s1. The van der Waals surface area contributed by atoms with Crippen molar-refractivity contribution in [2.45, 2.75) is 45.4 Å². The number of carbonyl (C=O) groups is 1. The molecule has 0 amide bonds. The fraction of sp³-hybridized carbons (Fsp3) is 0.667. The summed E-state index contributed by atoms with van der Waals surface area (Å²) in [6.07, 6.45) is 4.54. The van der Waals surface area contributed by atoms with E-state index in [1.165, 1.54) is 12.8 Å². The van der Waals surface area contributed by atoms with Gasteiger partial charge in [0, 0.05) is 5.92 Å². The van der Waals surface area contributed by atoms with E-state index in [1.807, 2.05) is 0 Å². The highest BCUT2D eigenvalue weighted by atomic mass is 16.4. The summed E-state index contributed by atoms with van der Waals surface area (Å²) in [6, 6.07) is 0. The Kier molecular flexibility index (Phi) is 2.99. The minimum Gasteiger partial charge on any atom is -0.475 e. The first-order valence-electron chi connectivity index (χ1n) is 5.78. The number of rotatable bonds is 2. The second kappa shape index (κ2) is 4.28. The van der Waals surface area contributed by atoms with Gasteiger partial charge in [-0.05, 0) is 25.7 Å². The van der Waals surface area contributed by atoms with E-state index in [9.17, 15) is 4.79 Å². The van der Waals surface area contributed by atoms with Crippen LogP contribution >= 0.6 is 0 Å². The van der Waals surface area contributed by atoms with Crippen LogP contribution in [0, 0.1) is 12.8 Å². The van der Waals surface area contributed by atoms with Crippen LogP contribution in [0.15, 0.2) is 4.42 Å². The van der Waals surface area contributed by atoms with Crippen molar-refractivity contribution >= 4 is 5.97 Å². The minimum atomic E-state index is -1.03. The number of hydrogen-bond acceptors (Lipinski definition) is 3. The minimum absolute atomic E-state index is 0.00627. The van der Waals surface area contributed by atoms with E-state index < -0.39 is 5.97 Å². The molecule has 0 saturated heterocycles. The van der Waals surface area contributed by atoms with Gasteiger partial charge in [0.1, 0.15) is 0 Å². The maximum Gasteiger partial charge on any atom is 0.373 e. The number of carboxylic acid groups (broad SMARTS) is 1. The Morgan fingerprint density at radius 3 is 2.81 bits per heavy atom. The van der Waals surface area contributed by atoms with Crippen LogP contribution < -0.4 is 0 Å². The molecule has 0 aliphatic heterocycles. The monoisotopic (exact) mass is 223 g/mol. The lowest BCUT2D eigenvalue weighted by Crippen LogP contribution is -2.11. The van der Waals surface area contributed by atoms with Gasteiger partial charge in [0.05, 0.1) is 5.69 Å². The van der Waals surface area contributed by atoms with Gasteiger partial charge in [-0.3, -0.25) is 0 Å². The average Bonchev–Trinajstić information content (AvgIpc) is 2.60. The summed E-state index contributed by atoms with van der Waals surface area (Å²) < 4.78 is 5.35. The predicted molar refractivity (Wildman–Crippen MR) is 58.6 cm³/mol. The zero-order valence-corrected chi connectivity index (χ0v) is 9.69. The van der Waals surface area contributed by atoms with E-state index in [1.54, 1.807) is 6.92 Å². The summed E-state index contributed by atoms with van der Waals surface area (Å²) in [5, 5.41) is 8.90. The molecular weight excluding hydrogens is 206 g/mol. The van der Waals surface area contributed by atoms with E-state index >= 15 is 0 Å². The fourth-order valence-electron chi connectivity index (χ4n) is 2.45. The van der Waals surface area contributed by atoms with Crippen molar-refractivity contribution in [2.75, 3.05) is 0 Å². The summed E-state index contributed by atoms with van der Waals surface area (Å²) >= 11 is 0. The van der Waals surface area contributed by atoms with Gasteiger partial charge >= 0.3 is 5.97 Å². The maximum atomic E-state index is 10.8. The summed E-state index contributed by atoms with van der Waals surface area (Å²) in [5.74, 6) is 0.560. The second-order valence-electron chi connectivity index (χ2n) is 4.74. The highest BCUT2D eigenvalue weighted by Crippen LogP contribution is 2.36. The number of aryl methyl sites for hydroxylation is 1. The lowest BCUT2D eigenvalue weighted by atomic mass is 9.82. The van der Waals surface area contributed by atoms with Gasteiger partial charge in [0.15, 0.2) is 5.89 Å². The van der Waals surface area contributed by atoms with Gasteiger partial charge < -0.3 is 9.52 Å². The van der Waals surface area contributed by atoms with Crippen molar-refractivity contribution in [1.29, 1.82) is 0 Å². The Morgan fingerprint density at radius 1 is 1.50 bits per heavy atom. The first-order valence-corrected chi connectivity index (χ1v) is 5.78. The van der Waals surface area contributed by atoms with E-state index in [0.717, 1.165) is 12.8 Å². The molecule has 0 radical (unpaired) electrons. The Bertz CT molecular complexity index is 397. The van der Waals surface area contributed by atoms with Crippen LogP contribution in [0.3, 0.4) is 0 Å². The van der Waals surface area contributed by atoms with E-state index in [0.29, 0.717) is 23.4 Å². The Morgan fingerprint density at radius 2 is 2.25 bits per heavy atom. The molecular formula is C12H17NO3. The summed E-state index contributed by atoms with van der Waals surface area (Å²) in [6.45, 7) is 3.91. The SMILES string of the molecule is Cc1nc([C@H]2CCC[C@H](C)C2)oc1C(=O)O. The summed E-state index contributed by atoms with van der Waals surface area (Å²) in [7, 11) is 0. The highest BCUT2D eigenvalue weighted by molar-refractivity contribution is 5.85. The molecule has 16 heavy (non-hydrogen) atoms. The predicted octanol–water partition coefficient (Wildman–Crippen LogP) is 2.97. The molecule has 1 N–H and O–H groups in total. The molecule has 1 aromatic heterocycles. The molecule has 0 unspecified atom stereocenters. The van der Waals surface area contributed by atoms with Crippen molar-refractivity contribution in [3.05, 3.63) is 17.3 Å². The Hall–Kier alpha value is -1.32. The third-order valence-corrected chi connectivity index (χ3v) is 3.29. The Labute approximate surface area is 94.7 Å². The van der Waals surface area contributed by atoms with Gasteiger partial charge in [-0.25, -0.2) is 9.78 Å². The quantitative estimate of drug-likeness (QED) is 0.837. The van der Waals surface area contributed by atoms with Crippen molar-refractivity contribution in [1.82, 2.24) is 4.98 Å². The van der Waals surface area contributed by atoms with Crippen molar-refractivity contribution in [3.63, 3.8) is 0 Å². The molecule has 1 aromatic rings. The zero-order chi connectivity index (χ0) is 11.7. The number of hydrogen-bond donors (Lipinski definition) is 1. The fourth-order valence-corrected chi connectivity index (χ4v) is 2.45. The molecule has 1 saturated carbocycles. The number of aromatic nitrogens is 1. The molecule has 0 bridgehead atoms. The van der Waals surface area contributed by atoms with E-state index in [4.69, 9.17) is 9.52 Å². The molecule has 0 aromatic carbocycles. The molecule has 4 heteroatoms. The number of oxazole rings is 1. The molecule has 2 atom stereocenters.